The van der Waals surface area contributed by atoms with E-state index in [2.05, 4.69) is 34.3 Å². The molecule has 2 atom stereocenters. The van der Waals surface area contributed by atoms with Gasteiger partial charge in [0, 0.05) is 25.3 Å². The summed E-state index contributed by atoms with van der Waals surface area (Å²) in [7, 11) is 0. The first kappa shape index (κ1) is 14.8. The summed E-state index contributed by atoms with van der Waals surface area (Å²) in [4.78, 5) is 7.29. The molecule has 2 unspecified atom stereocenters. The van der Waals surface area contributed by atoms with Crippen molar-refractivity contribution in [3.63, 3.8) is 0 Å². The van der Waals surface area contributed by atoms with Crippen LogP contribution in [-0.4, -0.2) is 24.1 Å². The summed E-state index contributed by atoms with van der Waals surface area (Å²) in [5.74, 6) is 2.12. The molecule has 3 heteroatoms. The standard InChI is InChI=1S/C18H29N3/c1-2-10-19-14-15-9-11-20-18(13-15)21-12-5-7-16-6-3-4-8-17(16)21/h9,11,13,16-17,19H,2-8,10,12,14H2,1H3. The second kappa shape index (κ2) is 7.26. The third kappa shape index (κ3) is 3.57. The summed E-state index contributed by atoms with van der Waals surface area (Å²) in [6.07, 6.45) is 11.6. The molecule has 3 rings (SSSR count). The van der Waals surface area contributed by atoms with Crippen molar-refractivity contribution in [2.24, 2.45) is 5.92 Å². The van der Waals surface area contributed by atoms with Crippen molar-refractivity contribution in [3.8, 4) is 0 Å². The largest absolute Gasteiger partial charge is 0.353 e. The van der Waals surface area contributed by atoms with Gasteiger partial charge < -0.3 is 10.2 Å². The quantitative estimate of drug-likeness (QED) is 0.836. The van der Waals surface area contributed by atoms with E-state index in [1.165, 1.54) is 62.9 Å². The maximum absolute atomic E-state index is 4.68. The summed E-state index contributed by atoms with van der Waals surface area (Å²) in [5.41, 5.74) is 1.37. The fourth-order valence-electron chi connectivity index (χ4n) is 4.05. The zero-order valence-corrected chi connectivity index (χ0v) is 13.4. The number of rotatable bonds is 5. The van der Waals surface area contributed by atoms with Crippen molar-refractivity contribution in [2.45, 2.75) is 64.5 Å². The number of hydrogen-bond donors (Lipinski definition) is 1. The van der Waals surface area contributed by atoms with E-state index in [-0.39, 0.29) is 0 Å². The Morgan fingerprint density at radius 3 is 3.00 bits per heavy atom. The number of anilines is 1. The summed E-state index contributed by atoms with van der Waals surface area (Å²) in [6.45, 7) is 5.46. The van der Waals surface area contributed by atoms with Crippen molar-refractivity contribution < 1.29 is 0 Å². The molecule has 0 bridgehead atoms. The Balaban J connectivity index is 1.71. The van der Waals surface area contributed by atoms with Gasteiger partial charge in [-0.25, -0.2) is 4.98 Å². The maximum Gasteiger partial charge on any atom is 0.129 e. The molecule has 1 aliphatic heterocycles. The lowest BCUT2D eigenvalue weighted by Gasteiger charge is -2.44. The van der Waals surface area contributed by atoms with Crippen LogP contribution >= 0.6 is 0 Å². The second-order valence-electron chi connectivity index (χ2n) is 6.65. The number of nitrogens with zero attached hydrogens (tertiary/aromatic N) is 2. The van der Waals surface area contributed by atoms with Gasteiger partial charge in [-0.2, -0.15) is 0 Å². The average molecular weight is 287 g/mol. The molecule has 1 aliphatic carbocycles. The highest BCUT2D eigenvalue weighted by Gasteiger charge is 2.33. The lowest BCUT2D eigenvalue weighted by atomic mass is 9.78. The zero-order chi connectivity index (χ0) is 14.5. The molecule has 1 aromatic heterocycles. The van der Waals surface area contributed by atoms with Crippen molar-refractivity contribution in [3.05, 3.63) is 23.9 Å². The molecule has 21 heavy (non-hydrogen) atoms. The van der Waals surface area contributed by atoms with Gasteiger partial charge in [0.1, 0.15) is 5.82 Å². The highest BCUT2D eigenvalue weighted by Crippen LogP contribution is 2.37. The average Bonchev–Trinajstić information content (AvgIpc) is 2.55. The van der Waals surface area contributed by atoms with Gasteiger partial charge in [-0.3, -0.25) is 0 Å². The van der Waals surface area contributed by atoms with Crippen LogP contribution in [0.5, 0.6) is 0 Å². The van der Waals surface area contributed by atoms with Crippen LogP contribution in [0.2, 0.25) is 0 Å². The summed E-state index contributed by atoms with van der Waals surface area (Å²) in [6, 6.07) is 5.20. The van der Waals surface area contributed by atoms with E-state index >= 15 is 0 Å². The number of pyridine rings is 1. The van der Waals surface area contributed by atoms with Gasteiger partial charge >= 0.3 is 0 Å². The van der Waals surface area contributed by atoms with Crippen LogP contribution in [0.3, 0.4) is 0 Å². The van der Waals surface area contributed by atoms with Crippen LogP contribution < -0.4 is 10.2 Å². The summed E-state index contributed by atoms with van der Waals surface area (Å²) < 4.78 is 0. The number of aromatic nitrogens is 1. The van der Waals surface area contributed by atoms with Crippen molar-refractivity contribution in [1.29, 1.82) is 0 Å². The normalized spacial score (nSPS) is 25.7. The lowest BCUT2D eigenvalue weighted by molar-refractivity contribution is 0.242. The minimum atomic E-state index is 0.749. The van der Waals surface area contributed by atoms with Crippen LogP contribution in [0, 0.1) is 5.92 Å². The Morgan fingerprint density at radius 1 is 1.24 bits per heavy atom. The Bertz CT molecular complexity index is 444. The molecule has 1 saturated heterocycles. The van der Waals surface area contributed by atoms with Gasteiger partial charge in [-0.15, -0.1) is 0 Å². The van der Waals surface area contributed by atoms with E-state index in [0.29, 0.717) is 0 Å². The SMILES string of the molecule is CCCNCc1ccnc(N2CCCC3CCCCC32)c1. The molecule has 2 fully saturated rings. The van der Waals surface area contributed by atoms with E-state index in [9.17, 15) is 0 Å². The van der Waals surface area contributed by atoms with Gasteiger partial charge in [-0.1, -0.05) is 19.8 Å². The minimum Gasteiger partial charge on any atom is -0.353 e. The van der Waals surface area contributed by atoms with Crippen LogP contribution in [0.25, 0.3) is 0 Å². The van der Waals surface area contributed by atoms with Crippen LogP contribution in [0.15, 0.2) is 18.3 Å². The molecular formula is C18H29N3. The van der Waals surface area contributed by atoms with E-state index in [1.807, 2.05) is 6.20 Å². The first-order valence-electron chi connectivity index (χ1n) is 8.81. The highest BCUT2D eigenvalue weighted by atomic mass is 15.2. The van der Waals surface area contributed by atoms with E-state index in [0.717, 1.165) is 25.0 Å². The first-order chi connectivity index (χ1) is 10.4. The van der Waals surface area contributed by atoms with Gasteiger partial charge in [0.2, 0.25) is 0 Å². The molecule has 2 heterocycles. The third-order valence-electron chi connectivity index (χ3n) is 5.10. The molecule has 116 valence electrons. The maximum atomic E-state index is 4.68. The van der Waals surface area contributed by atoms with Crippen molar-refractivity contribution >= 4 is 5.82 Å². The molecule has 3 nitrogen and oxygen atoms in total. The van der Waals surface area contributed by atoms with Gasteiger partial charge in [0.05, 0.1) is 0 Å². The summed E-state index contributed by atoms with van der Waals surface area (Å²) in [5, 5.41) is 3.49. The monoisotopic (exact) mass is 287 g/mol. The third-order valence-corrected chi connectivity index (χ3v) is 5.10. The van der Waals surface area contributed by atoms with Crippen LogP contribution in [0.4, 0.5) is 5.82 Å². The lowest BCUT2D eigenvalue weighted by Crippen LogP contribution is -2.47. The number of hydrogen-bond acceptors (Lipinski definition) is 3. The fraction of sp³-hybridized carbons (Fsp3) is 0.722. The smallest absolute Gasteiger partial charge is 0.129 e. The minimum absolute atomic E-state index is 0.749. The van der Waals surface area contributed by atoms with Crippen molar-refractivity contribution in [1.82, 2.24) is 10.3 Å². The molecule has 2 aliphatic rings. The Hall–Kier alpha value is -1.09. The fourth-order valence-corrected chi connectivity index (χ4v) is 4.05. The number of nitrogens with one attached hydrogen (secondary N) is 1. The Morgan fingerprint density at radius 2 is 2.10 bits per heavy atom. The van der Waals surface area contributed by atoms with Crippen LogP contribution in [0.1, 0.15) is 57.4 Å². The molecule has 1 aromatic rings. The molecule has 1 N–H and O–H groups in total. The van der Waals surface area contributed by atoms with E-state index < -0.39 is 0 Å². The predicted octanol–water partition coefficient (Wildman–Crippen LogP) is 3.74. The molecule has 1 saturated carbocycles. The zero-order valence-electron chi connectivity index (χ0n) is 13.4. The first-order valence-corrected chi connectivity index (χ1v) is 8.81. The molecule has 0 amide bonds. The molecule has 0 radical (unpaired) electrons. The highest BCUT2D eigenvalue weighted by molar-refractivity contribution is 5.43. The predicted molar refractivity (Wildman–Crippen MR) is 88.6 cm³/mol. The van der Waals surface area contributed by atoms with Crippen LogP contribution in [-0.2, 0) is 6.54 Å². The topological polar surface area (TPSA) is 28.2 Å². The number of piperidine rings is 1. The Labute approximate surface area is 129 Å². The molecular weight excluding hydrogens is 258 g/mol. The van der Waals surface area contributed by atoms with Crippen molar-refractivity contribution in [2.75, 3.05) is 18.0 Å². The van der Waals surface area contributed by atoms with Gasteiger partial charge in [-0.05, 0) is 62.3 Å². The summed E-state index contributed by atoms with van der Waals surface area (Å²) >= 11 is 0. The van der Waals surface area contributed by atoms with Gasteiger partial charge in [0.15, 0.2) is 0 Å². The van der Waals surface area contributed by atoms with E-state index in [4.69, 9.17) is 0 Å². The second-order valence-corrected chi connectivity index (χ2v) is 6.65. The molecule has 0 aromatic carbocycles. The molecule has 0 spiro atoms. The van der Waals surface area contributed by atoms with E-state index in [1.54, 1.807) is 0 Å². The number of fused-ring (bicyclic) bond motifs is 1. The Kier molecular flexibility index (Phi) is 5.13. The van der Waals surface area contributed by atoms with Gasteiger partial charge in [0.25, 0.3) is 0 Å².